The Bertz CT molecular complexity index is 683. The Morgan fingerprint density at radius 3 is 2.64 bits per heavy atom. The predicted octanol–water partition coefficient (Wildman–Crippen LogP) is 2.49. The van der Waals surface area contributed by atoms with Crippen LogP contribution in [0, 0.1) is 0 Å². The van der Waals surface area contributed by atoms with Crippen molar-refractivity contribution in [3.63, 3.8) is 0 Å². The van der Waals surface area contributed by atoms with Crippen molar-refractivity contribution in [1.29, 1.82) is 0 Å². The van der Waals surface area contributed by atoms with Crippen LogP contribution in [0.15, 0.2) is 30.6 Å². The Balaban J connectivity index is 1.30. The van der Waals surface area contributed by atoms with E-state index in [4.69, 9.17) is 4.98 Å². The van der Waals surface area contributed by atoms with Gasteiger partial charge in [0.25, 0.3) is 0 Å². The van der Waals surface area contributed by atoms with E-state index in [-0.39, 0.29) is 0 Å². The molecule has 0 aliphatic carbocycles. The van der Waals surface area contributed by atoms with Gasteiger partial charge in [0, 0.05) is 57.9 Å². The summed E-state index contributed by atoms with van der Waals surface area (Å²) in [5, 5.41) is 3.50. The summed E-state index contributed by atoms with van der Waals surface area (Å²) in [6.45, 7) is 5.33. The van der Waals surface area contributed by atoms with Gasteiger partial charge in [-0.05, 0) is 31.0 Å². The molecular formula is C19H28N6. The van der Waals surface area contributed by atoms with Crippen LogP contribution in [-0.2, 0) is 13.6 Å². The number of likely N-dealkylation sites (tertiary alicyclic amines) is 1. The molecule has 4 heterocycles. The Hall–Kier alpha value is -2.08. The molecule has 134 valence electrons. The number of rotatable bonds is 5. The van der Waals surface area contributed by atoms with Crippen LogP contribution in [0.2, 0.25) is 0 Å². The minimum absolute atomic E-state index is 0.444. The van der Waals surface area contributed by atoms with Crippen LogP contribution in [0.4, 0.5) is 11.8 Å². The average molecular weight is 340 g/mol. The second kappa shape index (κ2) is 7.44. The van der Waals surface area contributed by atoms with Gasteiger partial charge in [-0.15, -0.1) is 0 Å². The zero-order valence-corrected chi connectivity index (χ0v) is 15.1. The minimum Gasteiger partial charge on any atom is -0.356 e. The first kappa shape index (κ1) is 16.4. The molecule has 2 aromatic heterocycles. The maximum atomic E-state index is 4.76. The van der Waals surface area contributed by atoms with Crippen molar-refractivity contribution in [2.75, 3.05) is 36.4 Å². The first-order valence-corrected chi connectivity index (χ1v) is 9.45. The van der Waals surface area contributed by atoms with Crippen molar-refractivity contribution in [2.45, 2.75) is 38.3 Å². The summed E-state index contributed by atoms with van der Waals surface area (Å²) in [5.74, 6) is 1.84. The van der Waals surface area contributed by atoms with Crippen molar-refractivity contribution in [1.82, 2.24) is 19.4 Å². The fraction of sp³-hybridized carbons (Fsp3) is 0.579. The molecule has 2 aromatic rings. The summed E-state index contributed by atoms with van der Waals surface area (Å²) < 4.78 is 2.19. The lowest BCUT2D eigenvalue weighted by Crippen LogP contribution is -2.54. The maximum absolute atomic E-state index is 4.76. The van der Waals surface area contributed by atoms with E-state index in [2.05, 4.69) is 50.0 Å². The van der Waals surface area contributed by atoms with Gasteiger partial charge in [0.15, 0.2) is 0 Å². The number of hydrogen-bond acceptors (Lipinski definition) is 5. The standard InChI is InChI=1S/C19H28N6/c1-23-10-6-7-17(23)15-24-13-16(14-24)21-19-20-9-8-18(22-19)25-11-4-2-3-5-12-25/h6-10,16H,2-5,11-15H2,1H3,(H,20,21,22). The zero-order valence-electron chi connectivity index (χ0n) is 15.1. The van der Waals surface area contributed by atoms with E-state index in [0.717, 1.165) is 44.5 Å². The van der Waals surface area contributed by atoms with Gasteiger partial charge in [-0.3, -0.25) is 4.90 Å². The van der Waals surface area contributed by atoms with Crippen LogP contribution in [0.5, 0.6) is 0 Å². The Kier molecular flexibility index (Phi) is 4.88. The molecule has 6 heteroatoms. The largest absolute Gasteiger partial charge is 0.356 e. The van der Waals surface area contributed by atoms with Crippen molar-refractivity contribution in [3.8, 4) is 0 Å². The van der Waals surface area contributed by atoms with Crippen molar-refractivity contribution in [3.05, 3.63) is 36.3 Å². The number of nitrogens with zero attached hydrogens (tertiary/aromatic N) is 5. The van der Waals surface area contributed by atoms with E-state index in [1.54, 1.807) is 0 Å². The molecule has 0 bridgehead atoms. The summed E-state index contributed by atoms with van der Waals surface area (Å²) in [6, 6.07) is 6.78. The van der Waals surface area contributed by atoms with Crippen LogP contribution in [-0.4, -0.2) is 51.7 Å². The molecule has 0 saturated carbocycles. The van der Waals surface area contributed by atoms with Gasteiger partial charge in [0.1, 0.15) is 5.82 Å². The first-order chi connectivity index (χ1) is 12.3. The molecule has 2 fully saturated rings. The molecule has 0 amide bonds. The summed E-state index contributed by atoms with van der Waals surface area (Å²) >= 11 is 0. The Morgan fingerprint density at radius 2 is 1.92 bits per heavy atom. The van der Waals surface area contributed by atoms with Crippen LogP contribution in [0.1, 0.15) is 31.4 Å². The fourth-order valence-electron chi connectivity index (χ4n) is 3.76. The van der Waals surface area contributed by atoms with Gasteiger partial charge in [-0.25, -0.2) is 4.98 Å². The van der Waals surface area contributed by atoms with Crippen molar-refractivity contribution in [2.24, 2.45) is 7.05 Å². The van der Waals surface area contributed by atoms with Gasteiger partial charge in [-0.2, -0.15) is 4.98 Å². The third kappa shape index (κ3) is 3.95. The first-order valence-electron chi connectivity index (χ1n) is 9.45. The molecule has 0 atom stereocenters. The molecular weight excluding hydrogens is 312 g/mol. The smallest absolute Gasteiger partial charge is 0.224 e. The van der Waals surface area contributed by atoms with Crippen molar-refractivity contribution >= 4 is 11.8 Å². The van der Waals surface area contributed by atoms with Gasteiger partial charge in [-0.1, -0.05) is 12.8 Å². The zero-order chi connectivity index (χ0) is 17.1. The molecule has 25 heavy (non-hydrogen) atoms. The monoisotopic (exact) mass is 340 g/mol. The lowest BCUT2D eigenvalue weighted by atomic mass is 10.1. The number of aromatic nitrogens is 3. The molecule has 2 aliphatic rings. The topological polar surface area (TPSA) is 49.2 Å². The molecule has 0 radical (unpaired) electrons. The highest BCUT2D eigenvalue weighted by Crippen LogP contribution is 2.20. The van der Waals surface area contributed by atoms with Gasteiger partial charge in [0.2, 0.25) is 5.95 Å². The molecule has 6 nitrogen and oxygen atoms in total. The van der Waals surface area contributed by atoms with Gasteiger partial charge < -0.3 is 14.8 Å². The van der Waals surface area contributed by atoms with Crippen LogP contribution in [0.3, 0.4) is 0 Å². The maximum Gasteiger partial charge on any atom is 0.224 e. The second-order valence-corrected chi connectivity index (χ2v) is 7.29. The molecule has 2 saturated heterocycles. The normalized spacial score (nSPS) is 19.5. The summed E-state index contributed by atoms with van der Waals surface area (Å²) in [4.78, 5) is 14.0. The lowest BCUT2D eigenvalue weighted by Gasteiger charge is -2.39. The van der Waals surface area contributed by atoms with E-state index in [0.29, 0.717) is 6.04 Å². The second-order valence-electron chi connectivity index (χ2n) is 7.29. The molecule has 2 aliphatic heterocycles. The highest BCUT2D eigenvalue weighted by molar-refractivity contribution is 5.43. The Morgan fingerprint density at radius 1 is 1.12 bits per heavy atom. The van der Waals surface area contributed by atoms with E-state index < -0.39 is 0 Å². The highest BCUT2D eigenvalue weighted by atomic mass is 15.3. The SMILES string of the molecule is Cn1cccc1CN1CC(Nc2nccc(N3CCCCCC3)n2)C1. The number of nitrogens with one attached hydrogen (secondary N) is 1. The highest BCUT2D eigenvalue weighted by Gasteiger charge is 2.27. The van der Waals surface area contributed by atoms with Gasteiger partial charge in [0.05, 0.1) is 6.04 Å². The molecule has 0 spiro atoms. The molecule has 0 unspecified atom stereocenters. The van der Waals surface area contributed by atoms with Crippen LogP contribution in [0.25, 0.3) is 0 Å². The number of hydrogen-bond donors (Lipinski definition) is 1. The van der Waals surface area contributed by atoms with Crippen molar-refractivity contribution < 1.29 is 0 Å². The third-order valence-electron chi connectivity index (χ3n) is 5.30. The summed E-state index contributed by atoms with van der Waals surface area (Å²) in [5.41, 5.74) is 1.36. The third-order valence-corrected chi connectivity index (χ3v) is 5.30. The van der Waals surface area contributed by atoms with E-state index in [9.17, 15) is 0 Å². The van der Waals surface area contributed by atoms with E-state index in [1.165, 1.54) is 31.4 Å². The molecule has 0 aromatic carbocycles. The molecule has 1 N–H and O–H groups in total. The van der Waals surface area contributed by atoms with Gasteiger partial charge >= 0.3 is 0 Å². The Labute approximate surface area is 149 Å². The quantitative estimate of drug-likeness (QED) is 0.906. The predicted molar refractivity (Wildman–Crippen MR) is 101 cm³/mol. The summed E-state index contributed by atoms with van der Waals surface area (Å²) in [7, 11) is 2.10. The van der Waals surface area contributed by atoms with E-state index >= 15 is 0 Å². The molecule has 4 rings (SSSR count). The lowest BCUT2D eigenvalue weighted by molar-refractivity contribution is 0.149. The summed E-state index contributed by atoms with van der Waals surface area (Å²) in [6.07, 6.45) is 9.20. The van der Waals surface area contributed by atoms with Crippen LogP contribution >= 0.6 is 0 Å². The van der Waals surface area contributed by atoms with E-state index in [1.807, 2.05) is 12.3 Å². The van der Waals surface area contributed by atoms with Crippen LogP contribution < -0.4 is 10.2 Å². The number of aryl methyl sites for hydroxylation is 1. The minimum atomic E-state index is 0.444. The average Bonchev–Trinajstić information content (AvgIpc) is 2.84. The number of anilines is 2. The fourth-order valence-corrected chi connectivity index (χ4v) is 3.76.